The van der Waals surface area contributed by atoms with Crippen molar-refractivity contribution >= 4 is 28.2 Å². The molecule has 0 saturated heterocycles. The summed E-state index contributed by atoms with van der Waals surface area (Å²) in [6.45, 7) is 3.04. The van der Waals surface area contributed by atoms with Crippen molar-refractivity contribution in [3.05, 3.63) is 77.2 Å². The molecule has 3 N–H and O–H groups in total. The van der Waals surface area contributed by atoms with E-state index < -0.39 is 5.97 Å². The standard InChI is InChI=1S/C22H22N2O3S/c1-2-27-22(26)20-18(17-11-7-4-8-12-17)15-28-21(20)24-19(25)14-23-13-16-9-5-3-6-10-16/h3-12,15,23H,2,13-14H2,1H3,(H,24,25)/p+1. The number of thiophene rings is 1. The summed E-state index contributed by atoms with van der Waals surface area (Å²) < 4.78 is 5.22. The maximum atomic E-state index is 12.5. The molecule has 0 radical (unpaired) electrons. The quantitative estimate of drug-likeness (QED) is 0.575. The summed E-state index contributed by atoms with van der Waals surface area (Å²) in [5, 5.41) is 7.21. The van der Waals surface area contributed by atoms with E-state index in [1.165, 1.54) is 11.3 Å². The minimum absolute atomic E-state index is 0.150. The van der Waals surface area contributed by atoms with Crippen molar-refractivity contribution in [2.45, 2.75) is 13.5 Å². The van der Waals surface area contributed by atoms with Gasteiger partial charge in [0.05, 0.1) is 6.61 Å². The second-order valence-corrected chi connectivity index (χ2v) is 7.05. The first-order valence-electron chi connectivity index (χ1n) is 9.18. The molecule has 0 aliphatic rings. The molecule has 1 amide bonds. The van der Waals surface area contributed by atoms with Crippen LogP contribution in [0.5, 0.6) is 0 Å². The minimum atomic E-state index is -0.425. The van der Waals surface area contributed by atoms with Crippen molar-refractivity contribution in [3.8, 4) is 11.1 Å². The number of nitrogens with two attached hydrogens (primary N) is 1. The molecule has 0 aliphatic carbocycles. The van der Waals surface area contributed by atoms with Crippen LogP contribution in [-0.4, -0.2) is 25.0 Å². The number of carbonyl (C=O) groups is 2. The lowest BCUT2D eigenvalue weighted by atomic mass is 10.0. The lowest BCUT2D eigenvalue weighted by Crippen LogP contribution is -2.84. The number of hydrogen-bond donors (Lipinski definition) is 2. The lowest BCUT2D eigenvalue weighted by Gasteiger charge is -2.08. The first-order chi connectivity index (χ1) is 13.7. The average Bonchev–Trinajstić information content (AvgIpc) is 3.13. The first-order valence-corrected chi connectivity index (χ1v) is 10.1. The molecule has 1 aromatic heterocycles. The average molecular weight is 396 g/mol. The third-order valence-corrected chi connectivity index (χ3v) is 5.06. The highest BCUT2D eigenvalue weighted by Crippen LogP contribution is 2.36. The third-order valence-electron chi connectivity index (χ3n) is 4.16. The molecule has 2 aromatic carbocycles. The summed E-state index contributed by atoms with van der Waals surface area (Å²) in [4.78, 5) is 24.9. The molecule has 0 spiro atoms. The second kappa shape index (κ2) is 9.82. The number of hydrogen-bond acceptors (Lipinski definition) is 4. The number of carbonyl (C=O) groups excluding carboxylic acids is 2. The Morgan fingerprint density at radius 3 is 2.39 bits per heavy atom. The van der Waals surface area contributed by atoms with E-state index in [0.29, 0.717) is 10.6 Å². The molecule has 0 saturated carbocycles. The van der Waals surface area contributed by atoms with Gasteiger partial charge in [-0.25, -0.2) is 4.79 Å². The zero-order chi connectivity index (χ0) is 19.8. The van der Waals surface area contributed by atoms with Crippen LogP contribution in [0, 0.1) is 0 Å². The van der Waals surface area contributed by atoms with E-state index in [2.05, 4.69) is 5.32 Å². The Bertz CT molecular complexity index is 923. The Labute approximate surface area is 168 Å². The molecule has 0 fully saturated rings. The molecule has 0 aliphatic heterocycles. The summed E-state index contributed by atoms with van der Waals surface area (Å²) in [6, 6.07) is 19.6. The molecule has 3 rings (SSSR count). The molecule has 5 nitrogen and oxygen atoms in total. The molecule has 1 heterocycles. The maximum absolute atomic E-state index is 12.5. The molecule has 0 atom stereocenters. The number of amides is 1. The second-order valence-electron chi connectivity index (χ2n) is 6.17. The van der Waals surface area contributed by atoms with Gasteiger partial charge in [-0.1, -0.05) is 60.7 Å². The Hall–Kier alpha value is -2.96. The van der Waals surface area contributed by atoms with Crippen molar-refractivity contribution < 1.29 is 19.6 Å². The number of nitrogens with one attached hydrogen (secondary N) is 1. The third kappa shape index (κ3) is 5.06. The molecular formula is C22H23N2O3S+. The Morgan fingerprint density at radius 2 is 1.71 bits per heavy atom. The maximum Gasteiger partial charge on any atom is 0.341 e. The predicted octanol–water partition coefficient (Wildman–Crippen LogP) is 3.29. The van der Waals surface area contributed by atoms with E-state index in [-0.39, 0.29) is 19.1 Å². The summed E-state index contributed by atoms with van der Waals surface area (Å²) in [6.07, 6.45) is 0. The van der Waals surface area contributed by atoms with Crippen LogP contribution in [-0.2, 0) is 16.1 Å². The van der Waals surface area contributed by atoms with E-state index in [0.717, 1.165) is 23.2 Å². The van der Waals surface area contributed by atoms with E-state index in [1.54, 1.807) is 6.92 Å². The number of rotatable bonds is 8. The van der Waals surface area contributed by atoms with Crippen LogP contribution in [0.4, 0.5) is 5.00 Å². The van der Waals surface area contributed by atoms with Gasteiger partial charge in [-0.2, -0.15) is 0 Å². The fourth-order valence-corrected chi connectivity index (χ4v) is 3.82. The van der Waals surface area contributed by atoms with Crippen molar-refractivity contribution in [3.63, 3.8) is 0 Å². The minimum Gasteiger partial charge on any atom is -0.462 e. The zero-order valence-corrected chi connectivity index (χ0v) is 16.5. The smallest absolute Gasteiger partial charge is 0.341 e. The van der Waals surface area contributed by atoms with Crippen LogP contribution >= 0.6 is 11.3 Å². The van der Waals surface area contributed by atoms with Crippen molar-refractivity contribution in [2.24, 2.45) is 0 Å². The Morgan fingerprint density at radius 1 is 1.04 bits per heavy atom. The van der Waals surface area contributed by atoms with Gasteiger partial charge >= 0.3 is 5.97 Å². The number of esters is 1. The van der Waals surface area contributed by atoms with Gasteiger partial charge < -0.3 is 15.4 Å². The fourth-order valence-electron chi connectivity index (χ4n) is 2.85. The summed E-state index contributed by atoms with van der Waals surface area (Å²) in [7, 11) is 0. The number of ether oxygens (including phenoxy) is 1. The highest BCUT2D eigenvalue weighted by atomic mass is 32.1. The fraction of sp³-hybridized carbons (Fsp3) is 0.182. The SMILES string of the molecule is CCOC(=O)c1c(-c2ccccc2)csc1NC(=O)C[NH2+]Cc1ccccc1. The van der Waals surface area contributed by atoms with Crippen molar-refractivity contribution in [1.82, 2.24) is 0 Å². The van der Waals surface area contributed by atoms with Gasteiger partial charge in [0.15, 0.2) is 6.54 Å². The van der Waals surface area contributed by atoms with E-state index in [9.17, 15) is 9.59 Å². The van der Waals surface area contributed by atoms with Crippen LogP contribution in [0.2, 0.25) is 0 Å². The van der Waals surface area contributed by atoms with E-state index >= 15 is 0 Å². The van der Waals surface area contributed by atoms with Gasteiger partial charge in [-0.3, -0.25) is 4.79 Å². The monoisotopic (exact) mass is 395 g/mol. The first kappa shape index (κ1) is 19.8. The van der Waals surface area contributed by atoms with Crippen molar-refractivity contribution in [1.29, 1.82) is 0 Å². The predicted molar refractivity (Wildman–Crippen MR) is 111 cm³/mol. The number of anilines is 1. The zero-order valence-electron chi connectivity index (χ0n) is 15.7. The van der Waals surface area contributed by atoms with Crippen LogP contribution in [0.3, 0.4) is 0 Å². The summed E-state index contributed by atoms with van der Waals surface area (Å²) in [5.41, 5.74) is 3.25. The molecule has 6 heteroatoms. The van der Waals surface area contributed by atoms with Crippen LogP contribution in [0.25, 0.3) is 11.1 Å². The normalized spacial score (nSPS) is 10.5. The molecule has 0 bridgehead atoms. The lowest BCUT2D eigenvalue weighted by molar-refractivity contribution is -0.659. The van der Waals surface area contributed by atoms with Gasteiger partial charge in [-0.15, -0.1) is 11.3 Å². The molecule has 0 unspecified atom stereocenters. The van der Waals surface area contributed by atoms with Crippen molar-refractivity contribution in [2.75, 3.05) is 18.5 Å². The van der Waals surface area contributed by atoms with Crippen LogP contribution in [0.15, 0.2) is 66.0 Å². The van der Waals surface area contributed by atoms with Crippen LogP contribution in [0.1, 0.15) is 22.8 Å². The van der Waals surface area contributed by atoms with Gasteiger partial charge in [0.25, 0.3) is 5.91 Å². The Balaban J connectivity index is 1.71. The molecule has 144 valence electrons. The molecular weight excluding hydrogens is 372 g/mol. The van der Waals surface area contributed by atoms with Crippen LogP contribution < -0.4 is 10.6 Å². The van der Waals surface area contributed by atoms with Gasteiger partial charge in [0, 0.05) is 16.5 Å². The Kier molecular flexibility index (Phi) is 6.94. The summed E-state index contributed by atoms with van der Waals surface area (Å²) in [5.74, 6) is -0.575. The molecule has 28 heavy (non-hydrogen) atoms. The van der Waals surface area contributed by atoms with Gasteiger partial charge in [0.1, 0.15) is 17.1 Å². The van der Waals surface area contributed by atoms with Gasteiger partial charge in [0.2, 0.25) is 0 Å². The number of benzene rings is 2. The molecule has 3 aromatic rings. The van der Waals surface area contributed by atoms with Gasteiger partial charge in [-0.05, 0) is 12.5 Å². The number of quaternary nitrogens is 1. The topological polar surface area (TPSA) is 72.0 Å². The highest BCUT2D eigenvalue weighted by Gasteiger charge is 2.22. The van der Waals surface area contributed by atoms with E-state index in [4.69, 9.17) is 4.74 Å². The largest absolute Gasteiger partial charge is 0.462 e. The highest BCUT2D eigenvalue weighted by molar-refractivity contribution is 7.15. The van der Waals surface area contributed by atoms with E-state index in [1.807, 2.05) is 71.4 Å². The summed E-state index contributed by atoms with van der Waals surface area (Å²) >= 11 is 1.34.